The topological polar surface area (TPSA) is 102 Å². The molecular formula is C19H20N6O2S. The van der Waals surface area contributed by atoms with Crippen LogP contribution in [0, 0.1) is 13.8 Å². The van der Waals surface area contributed by atoms with E-state index in [0.29, 0.717) is 11.5 Å². The molecule has 3 aromatic rings. The van der Waals surface area contributed by atoms with E-state index in [1.54, 1.807) is 23.7 Å². The molecular weight excluding hydrogens is 376 g/mol. The lowest BCUT2D eigenvalue weighted by Gasteiger charge is -2.08. The van der Waals surface area contributed by atoms with E-state index in [-0.39, 0.29) is 23.3 Å². The van der Waals surface area contributed by atoms with E-state index >= 15 is 0 Å². The number of aromatic nitrogens is 4. The van der Waals surface area contributed by atoms with E-state index in [1.807, 2.05) is 43.3 Å². The van der Waals surface area contributed by atoms with Crippen molar-refractivity contribution in [2.45, 2.75) is 13.8 Å². The van der Waals surface area contributed by atoms with Crippen LogP contribution < -0.4 is 10.6 Å². The molecule has 3 rings (SSSR count). The minimum Gasteiger partial charge on any atom is -0.325 e. The maximum absolute atomic E-state index is 12.1. The van der Waals surface area contributed by atoms with Crippen molar-refractivity contribution in [3.05, 3.63) is 59.9 Å². The number of aryl methyl sites for hydroxylation is 2. The third kappa shape index (κ3) is 5.40. The molecule has 0 atom stereocenters. The van der Waals surface area contributed by atoms with Crippen molar-refractivity contribution in [3.8, 4) is 5.69 Å². The zero-order chi connectivity index (χ0) is 19.9. The summed E-state index contributed by atoms with van der Waals surface area (Å²) in [5, 5.41) is 17.0. The second-order valence-electron chi connectivity index (χ2n) is 6.14. The van der Waals surface area contributed by atoms with Gasteiger partial charge >= 0.3 is 0 Å². The van der Waals surface area contributed by atoms with Crippen LogP contribution in [0.1, 0.15) is 11.4 Å². The van der Waals surface area contributed by atoms with Gasteiger partial charge in [-0.15, -0.1) is 16.9 Å². The average Bonchev–Trinajstić information content (AvgIpc) is 3.10. The Hall–Kier alpha value is -3.20. The molecule has 0 saturated carbocycles. The Morgan fingerprint density at radius 3 is 2.29 bits per heavy atom. The van der Waals surface area contributed by atoms with Crippen molar-refractivity contribution in [3.63, 3.8) is 0 Å². The SMILES string of the molecule is Cc1ccc(NC(=O)CSCC(=O)Nc2cccc(-n3nnnc3C)c2)cc1. The largest absolute Gasteiger partial charge is 0.325 e. The summed E-state index contributed by atoms with van der Waals surface area (Å²) in [4.78, 5) is 24.1. The standard InChI is InChI=1S/C19H20N6O2S/c1-13-6-8-15(9-7-13)20-18(26)11-28-12-19(27)21-16-4-3-5-17(10-16)25-14(2)22-23-24-25/h3-10H,11-12H2,1-2H3,(H,20,26)(H,21,27). The maximum atomic E-state index is 12.1. The Labute approximate surface area is 166 Å². The van der Waals surface area contributed by atoms with Crippen LogP contribution in [0.4, 0.5) is 11.4 Å². The molecule has 0 radical (unpaired) electrons. The summed E-state index contributed by atoms with van der Waals surface area (Å²) in [5.41, 5.74) is 3.27. The van der Waals surface area contributed by atoms with Crippen molar-refractivity contribution in [2.24, 2.45) is 0 Å². The van der Waals surface area contributed by atoms with Crippen LogP contribution in [0.15, 0.2) is 48.5 Å². The zero-order valence-electron chi connectivity index (χ0n) is 15.5. The van der Waals surface area contributed by atoms with Crippen molar-refractivity contribution in [2.75, 3.05) is 22.1 Å². The molecule has 28 heavy (non-hydrogen) atoms. The molecule has 0 saturated heterocycles. The molecule has 0 spiro atoms. The molecule has 0 bridgehead atoms. The molecule has 0 aliphatic carbocycles. The maximum Gasteiger partial charge on any atom is 0.234 e. The quantitative estimate of drug-likeness (QED) is 0.636. The third-order valence-electron chi connectivity index (χ3n) is 3.80. The van der Waals surface area contributed by atoms with Crippen LogP contribution in [0.5, 0.6) is 0 Å². The summed E-state index contributed by atoms with van der Waals surface area (Å²) in [6, 6.07) is 14.8. The van der Waals surface area contributed by atoms with Gasteiger partial charge in [-0.1, -0.05) is 23.8 Å². The van der Waals surface area contributed by atoms with Gasteiger partial charge in [-0.05, 0) is 54.6 Å². The minimum absolute atomic E-state index is 0.141. The van der Waals surface area contributed by atoms with Crippen LogP contribution in [0.2, 0.25) is 0 Å². The Morgan fingerprint density at radius 2 is 1.64 bits per heavy atom. The van der Waals surface area contributed by atoms with Crippen LogP contribution in [0.25, 0.3) is 5.69 Å². The molecule has 2 amide bonds. The van der Waals surface area contributed by atoms with Crippen molar-refractivity contribution in [1.29, 1.82) is 0 Å². The van der Waals surface area contributed by atoms with E-state index in [1.165, 1.54) is 11.8 Å². The first kappa shape index (κ1) is 19.6. The fraction of sp³-hybridized carbons (Fsp3) is 0.211. The molecule has 9 heteroatoms. The Balaban J connectivity index is 1.46. The highest BCUT2D eigenvalue weighted by atomic mass is 32.2. The van der Waals surface area contributed by atoms with Gasteiger partial charge in [-0.2, -0.15) is 4.68 Å². The number of nitrogens with zero attached hydrogens (tertiary/aromatic N) is 4. The highest BCUT2D eigenvalue weighted by molar-refractivity contribution is 8.00. The minimum atomic E-state index is -0.182. The number of rotatable bonds is 7. The van der Waals surface area contributed by atoms with Crippen molar-refractivity contribution >= 4 is 35.0 Å². The summed E-state index contributed by atoms with van der Waals surface area (Å²) >= 11 is 1.25. The number of anilines is 2. The predicted molar refractivity (Wildman–Crippen MR) is 110 cm³/mol. The Bertz CT molecular complexity index is 971. The first-order chi connectivity index (χ1) is 13.5. The number of thioether (sulfide) groups is 1. The highest BCUT2D eigenvalue weighted by Gasteiger charge is 2.08. The molecule has 2 aromatic carbocycles. The van der Waals surface area contributed by atoms with Crippen molar-refractivity contribution in [1.82, 2.24) is 20.2 Å². The van der Waals surface area contributed by atoms with E-state index < -0.39 is 0 Å². The molecule has 8 nitrogen and oxygen atoms in total. The number of nitrogens with one attached hydrogen (secondary N) is 2. The van der Waals surface area contributed by atoms with Gasteiger partial charge in [0.15, 0.2) is 5.82 Å². The van der Waals surface area contributed by atoms with Gasteiger partial charge in [-0.3, -0.25) is 9.59 Å². The summed E-state index contributed by atoms with van der Waals surface area (Å²) in [6.45, 7) is 3.78. The second kappa shape index (κ2) is 9.14. The molecule has 1 heterocycles. The fourth-order valence-corrected chi connectivity index (χ4v) is 3.07. The molecule has 0 fully saturated rings. The number of hydrogen-bond acceptors (Lipinski definition) is 6. The molecule has 2 N–H and O–H groups in total. The number of amides is 2. The van der Waals surface area contributed by atoms with E-state index in [2.05, 4.69) is 26.2 Å². The smallest absolute Gasteiger partial charge is 0.234 e. The Kier molecular flexibility index (Phi) is 6.38. The third-order valence-corrected chi connectivity index (χ3v) is 4.73. The first-order valence-corrected chi connectivity index (χ1v) is 9.76. The second-order valence-corrected chi connectivity index (χ2v) is 7.13. The molecule has 0 unspecified atom stereocenters. The molecule has 1 aromatic heterocycles. The predicted octanol–water partition coefficient (Wildman–Crippen LogP) is 2.59. The lowest BCUT2D eigenvalue weighted by Crippen LogP contribution is -2.18. The van der Waals surface area contributed by atoms with Gasteiger partial charge in [0.05, 0.1) is 17.2 Å². The normalized spacial score (nSPS) is 10.5. The number of tetrazole rings is 1. The van der Waals surface area contributed by atoms with Gasteiger partial charge < -0.3 is 10.6 Å². The van der Waals surface area contributed by atoms with Crippen LogP contribution in [-0.2, 0) is 9.59 Å². The summed E-state index contributed by atoms with van der Waals surface area (Å²) < 4.78 is 1.58. The fourth-order valence-electron chi connectivity index (χ4n) is 2.45. The van der Waals surface area contributed by atoms with Crippen LogP contribution in [0.3, 0.4) is 0 Å². The number of hydrogen-bond donors (Lipinski definition) is 2. The summed E-state index contributed by atoms with van der Waals surface area (Å²) in [7, 11) is 0. The van der Waals surface area contributed by atoms with Gasteiger partial charge in [0, 0.05) is 11.4 Å². The van der Waals surface area contributed by atoms with E-state index in [4.69, 9.17) is 0 Å². The molecule has 144 valence electrons. The summed E-state index contributed by atoms with van der Waals surface area (Å²) in [6.07, 6.45) is 0. The van der Waals surface area contributed by atoms with Crippen molar-refractivity contribution < 1.29 is 9.59 Å². The number of benzene rings is 2. The van der Waals surface area contributed by atoms with E-state index in [9.17, 15) is 9.59 Å². The zero-order valence-corrected chi connectivity index (χ0v) is 16.4. The number of carbonyl (C=O) groups excluding carboxylic acids is 2. The Morgan fingerprint density at radius 1 is 0.964 bits per heavy atom. The highest BCUT2D eigenvalue weighted by Crippen LogP contribution is 2.15. The number of carbonyl (C=O) groups is 2. The average molecular weight is 396 g/mol. The lowest BCUT2D eigenvalue weighted by molar-refractivity contribution is -0.114. The summed E-state index contributed by atoms with van der Waals surface area (Å²) in [5.74, 6) is 0.704. The van der Waals surface area contributed by atoms with Gasteiger partial charge in [0.2, 0.25) is 11.8 Å². The first-order valence-electron chi connectivity index (χ1n) is 8.61. The van der Waals surface area contributed by atoms with Gasteiger partial charge in [-0.25, -0.2) is 0 Å². The lowest BCUT2D eigenvalue weighted by atomic mass is 10.2. The van der Waals surface area contributed by atoms with Crippen LogP contribution >= 0.6 is 11.8 Å². The molecule has 0 aliphatic heterocycles. The monoisotopic (exact) mass is 396 g/mol. The van der Waals surface area contributed by atoms with Gasteiger partial charge in [0.1, 0.15) is 0 Å². The van der Waals surface area contributed by atoms with Crippen LogP contribution in [-0.4, -0.2) is 43.5 Å². The molecule has 0 aliphatic rings. The van der Waals surface area contributed by atoms with E-state index in [0.717, 1.165) is 16.9 Å². The van der Waals surface area contributed by atoms with Gasteiger partial charge in [0.25, 0.3) is 0 Å².